The molecule has 1 aliphatic rings. The fraction of sp³-hybridized carbons (Fsp3) is 0.300. The number of alkyl halides is 1. The van der Waals surface area contributed by atoms with Gasteiger partial charge in [-0.25, -0.2) is 8.78 Å². The van der Waals surface area contributed by atoms with E-state index in [4.69, 9.17) is 0 Å². The Balaban J connectivity index is 2.38. The first-order valence-corrected chi connectivity index (χ1v) is 6.29. The Morgan fingerprint density at radius 3 is 2.31 bits per heavy atom. The Bertz CT molecular complexity index is 429. The first-order valence-electron chi connectivity index (χ1n) is 4.58. The van der Waals surface area contributed by atoms with Crippen molar-refractivity contribution in [3.8, 4) is 0 Å². The van der Waals surface area contributed by atoms with Gasteiger partial charge >= 0.3 is 0 Å². The lowest BCUT2D eigenvalue weighted by Crippen LogP contribution is -2.24. The number of nitrogens with zero attached hydrogens (tertiary/aromatic N) is 1. The van der Waals surface area contributed by atoms with Crippen molar-refractivity contribution in [1.82, 2.24) is 0 Å². The number of carbonyl (C=O) groups excluding carboxylic acids is 1. The van der Waals surface area contributed by atoms with E-state index in [1.165, 1.54) is 4.90 Å². The Morgan fingerprint density at radius 2 is 1.88 bits per heavy atom. The van der Waals surface area contributed by atoms with E-state index in [2.05, 4.69) is 31.9 Å². The van der Waals surface area contributed by atoms with Crippen LogP contribution < -0.4 is 4.90 Å². The maximum absolute atomic E-state index is 13.3. The molecule has 0 spiro atoms. The average molecular weight is 355 g/mol. The summed E-state index contributed by atoms with van der Waals surface area (Å²) in [6.45, 7) is 0.430. The van der Waals surface area contributed by atoms with Crippen LogP contribution in [0.25, 0.3) is 0 Å². The second-order valence-corrected chi connectivity index (χ2v) is 5.62. The molecule has 1 unspecified atom stereocenters. The summed E-state index contributed by atoms with van der Waals surface area (Å²) in [4.78, 5) is 12.9. The Kier molecular flexibility index (Phi) is 3.30. The minimum atomic E-state index is -0.708. The third kappa shape index (κ3) is 2.13. The monoisotopic (exact) mass is 353 g/mol. The summed E-state index contributed by atoms with van der Waals surface area (Å²) in [5.41, 5.74) is 0.255. The number of rotatable bonds is 1. The van der Waals surface area contributed by atoms with Gasteiger partial charge in [-0.2, -0.15) is 0 Å². The Morgan fingerprint density at radius 1 is 1.31 bits per heavy atom. The van der Waals surface area contributed by atoms with Gasteiger partial charge in [-0.15, -0.1) is 0 Å². The average Bonchev–Trinajstić information content (AvgIpc) is 2.53. The van der Waals surface area contributed by atoms with Crippen LogP contribution in [0.2, 0.25) is 0 Å². The maximum atomic E-state index is 13.3. The molecule has 0 saturated carbocycles. The van der Waals surface area contributed by atoms with E-state index in [0.717, 1.165) is 12.1 Å². The van der Waals surface area contributed by atoms with E-state index in [0.29, 0.717) is 13.0 Å². The molecule has 2 nitrogen and oxygen atoms in total. The van der Waals surface area contributed by atoms with Gasteiger partial charge in [0.2, 0.25) is 5.91 Å². The molecule has 0 aliphatic carbocycles. The van der Waals surface area contributed by atoms with E-state index in [9.17, 15) is 13.6 Å². The van der Waals surface area contributed by atoms with E-state index in [1.807, 2.05) is 0 Å². The van der Waals surface area contributed by atoms with Crippen LogP contribution >= 0.6 is 31.9 Å². The molecule has 86 valence electrons. The summed E-state index contributed by atoms with van der Waals surface area (Å²) >= 11 is 6.09. The van der Waals surface area contributed by atoms with E-state index in [-0.39, 0.29) is 20.9 Å². The molecule has 0 radical (unpaired) electrons. The van der Waals surface area contributed by atoms with E-state index in [1.54, 1.807) is 0 Å². The lowest BCUT2D eigenvalue weighted by molar-refractivity contribution is -0.117. The smallest absolute Gasteiger partial charge is 0.228 e. The lowest BCUT2D eigenvalue weighted by atomic mass is 10.3. The third-order valence-corrected chi connectivity index (χ3v) is 3.73. The number of carbonyl (C=O) groups is 1. The molecular formula is C10H7Br2F2NO. The molecule has 0 aromatic heterocycles. The van der Waals surface area contributed by atoms with Crippen LogP contribution in [0.1, 0.15) is 6.42 Å². The number of hydrogen-bond acceptors (Lipinski definition) is 1. The summed E-state index contributed by atoms with van der Waals surface area (Å²) in [5, 5.41) is 0. The number of halogens is 4. The van der Waals surface area contributed by atoms with Crippen molar-refractivity contribution in [2.45, 2.75) is 11.2 Å². The van der Waals surface area contributed by atoms with Gasteiger partial charge in [-0.05, 0) is 28.1 Å². The van der Waals surface area contributed by atoms with E-state index >= 15 is 0 Å². The molecule has 0 N–H and O–H groups in total. The molecule has 1 amide bonds. The standard InChI is InChI=1S/C10H7Br2F2NO/c11-5-1-9(16)15(4-5)6-2-7(13)10(12)8(14)3-6/h2-3,5H,1,4H2. The quantitative estimate of drug-likeness (QED) is 0.560. The van der Waals surface area contributed by atoms with Crippen molar-refractivity contribution in [1.29, 1.82) is 0 Å². The van der Waals surface area contributed by atoms with Gasteiger partial charge in [0.1, 0.15) is 11.6 Å². The normalized spacial score (nSPS) is 20.6. The molecule has 1 aliphatic heterocycles. The summed E-state index contributed by atoms with van der Waals surface area (Å²) < 4.78 is 26.4. The van der Waals surface area contributed by atoms with Crippen molar-refractivity contribution in [2.24, 2.45) is 0 Å². The highest BCUT2D eigenvalue weighted by Gasteiger charge is 2.29. The van der Waals surface area contributed by atoms with Crippen molar-refractivity contribution in [3.05, 3.63) is 28.2 Å². The predicted octanol–water partition coefficient (Wildman–Crippen LogP) is 3.23. The molecule has 2 rings (SSSR count). The lowest BCUT2D eigenvalue weighted by Gasteiger charge is -2.16. The van der Waals surface area contributed by atoms with Crippen LogP contribution in [0.15, 0.2) is 16.6 Å². The van der Waals surface area contributed by atoms with Crippen LogP contribution in [-0.4, -0.2) is 17.3 Å². The van der Waals surface area contributed by atoms with Crippen molar-refractivity contribution >= 4 is 43.5 Å². The van der Waals surface area contributed by atoms with Gasteiger partial charge in [0.25, 0.3) is 0 Å². The van der Waals surface area contributed by atoms with Crippen LogP contribution in [0.4, 0.5) is 14.5 Å². The van der Waals surface area contributed by atoms with E-state index < -0.39 is 11.6 Å². The Hall–Kier alpha value is -0.490. The Labute approximate surface area is 108 Å². The van der Waals surface area contributed by atoms with Crippen molar-refractivity contribution < 1.29 is 13.6 Å². The topological polar surface area (TPSA) is 20.3 Å². The molecule has 16 heavy (non-hydrogen) atoms. The zero-order chi connectivity index (χ0) is 11.9. The highest BCUT2D eigenvalue weighted by atomic mass is 79.9. The van der Waals surface area contributed by atoms with Gasteiger partial charge in [0.05, 0.1) is 4.47 Å². The minimum Gasteiger partial charge on any atom is -0.311 e. The summed E-state index contributed by atoms with van der Waals surface area (Å²) in [5.74, 6) is -1.55. The fourth-order valence-corrected chi connectivity index (χ4v) is 2.41. The second-order valence-electron chi connectivity index (χ2n) is 3.53. The van der Waals surface area contributed by atoms with Gasteiger partial charge < -0.3 is 4.90 Å². The second kappa shape index (κ2) is 4.41. The molecule has 1 saturated heterocycles. The van der Waals surface area contributed by atoms with Crippen LogP contribution in [-0.2, 0) is 4.79 Å². The van der Waals surface area contributed by atoms with Crippen molar-refractivity contribution in [2.75, 3.05) is 11.4 Å². The summed E-state index contributed by atoms with van der Waals surface area (Å²) in [6.07, 6.45) is 0.347. The van der Waals surface area contributed by atoms with Crippen molar-refractivity contribution in [3.63, 3.8) is 0 Å². The number of benzene rings is 1. The largest absolute Gasteiger partial charge is 0.311 e. The van der Waals surface area contributed by atoms with Gasteiger partial charge in [0.15, 0.2) is 0 Å². The van der Waals surface area contributed by atoms with Gasteiger partial charge in [-0.3, -0.25) is 4.79 Å². The molecule has 1 fully saturated rings. The van der Waals surface area contributed by atoms with Crippen LogP contribution in [0.3, 0.4) is 0 Å². The molecule has 1 aromatic rings. The summed E-state index contributed by atoms with van der Waals surface area (Å²) in [6, 6.07) is 2.30. The highest BCUT2D eigenvalue weighted by Crippen LogP contribution is 2.30. The SMILES string of the molecule is O=C1CC(Br)CN1c1cc(F)c(Br)c(F)c1. The first-order chi connectivity index (χ1) is 7.49. The fourth-order valence-electron chi connectivity index (χ4n) is 1.61. The van der Waals surface area contributed by atoms with Crippen LogP contribution in [0, 0.1) is 11.6 Å². The third-order valence-electron chi connectivity index (χ3n) is 2.36. The molecule has 1 aromatic carbocycles. The summed E-state index contributed by atoms with van der Waals surface area (Å²) in [7, 11) is 0. The van der Waals surface area contributed by atoms with Gasteiger partial charge in [0, 0.05) is 23.5 Å². The maximum Gasteiger partial charge on any atom is 0.228 e. The predicted molar refractivity (Wildman–Crippen MR) is 63.7 cm³/mol. The zero-order valence-corrected chi connectivity index (χ0v) is 11.2. The molecule has 6 heteroatoms. The van der Waals surface area contributed by atoms with Gasteiger partial charge in [-0.1, -0.05) is 15.9 Å². The highest BCUT2D eigenvalue weighted by molar-refractivity contribution is 9.10. The minimum absolute atomic E-state index is 0.0368. The number of amides is 1. The molecule has 0 bridgehead atoms. The first kappa shape index (κ1) is 12.0. The molecule has 1 heterocycles. The number of anilines is 1. The molecule has 1 atom stereocenters. The zero-order valence-electron chi connectivity index (χ0n) is 8.01. The van der Waals surface area contributed by atoms with Crippen LogP contribution in [0.5, 0.6) is 0 Å². The molecular weight excluding hydrogens is 348 g/mol. The number of hydrogen-bond donors (Lipinski definition) is 0.